The van der Waals surface area contributed by atoms with E-state index in [-0.39, 0.29) is 17.7 Å². The molecule has 0 spiro atoms. The van der Waals surface area contributed by atoms with Crippen LogP contribution < -0.4 is 10.1 Å². The summed E-state index contributed by atoms with van der Waals surface area (Å²) < 4.78 is 5.51. The second-order valence-electron chi connectivity index (χ2n) is 9.86. The van der Waals surface area contributed by atoms with Crippen molar-refractivity contribution < 1.29 is 14.3 Å². The van der Waals surface area contributed by atoms with E-state index >= 15 is 0 Å². The average Bonchev–Trinajstić information content (AvgIpc) is 3.59. The third-order valence-corrected chi connectivity index (χ3v) is 8.34. The molecule has 0 bridgehead atoms. The normalized spacial score (nSPS) is 14.2. The van der Waals surface area contributed by atoms with E-state index in [1.165, 1.54) is 11.3 Å². The van der Waals surface area contributed by atoms with Gasteiger partial charge in [-0.25, -0.2) is 15.0 Å². The highest BCUT2D eigenvalue weighted by atomic mass is 32.1. The molecule has 2 aromatic carbocycles. The van der Waals surface area contributed by atoms with Crippen molar-refractivity contribution in [2.75, 3.05) is 25.5 Å². The molecule has 2 amide bonds. The molecule has 1 aliphatic rings. The number of carbonyl (C=O) groups excluding carboxylic acids is 2. The number of hydrogen-bond donors (Lipinski definition) is 2. The van der Waals surface area contributed by atoms with E-state index in [4.69, 9.17) is 4.74 Å². The van der Waals surface area contributed by atoms with Gasteiger partial charge in [0, 0.05) is 35.8 Å². The first-order valence-corrected chi connectivity index (χ1v) is 13.7. The first kappa shape index (κ1) is 25.0. The third kappa shape index (κ3) is 4.83. The Labute approximate surface area is 229 Å². The number of hydrogen-bond acceptors (Lipinski definition) is 7. The van der Waals surface area contributed by atoms with Crippen molar-refractivity contribution in [1.29, 1.82) is 0 Å². The number of likely N-dealkylation sites (tertiary alicyclic amines) is 1. The second kappa shape index (κ2) is 10.1. The zero-order chi connectivity index (χ0) is 27.1. The Bertz CT molecular complexity index is 1680. The molecular formula is C29H28N6O3S. The number of fused-ring (bicyclic) bond motifs is 2. The quantitative estimate of drug-likeness (QED) is 0.306. The number of para-hydroxylation sites is 1. The molecule has 0 saturated carbocycles. The van der Waals surface area contributed by atoms with Gasteiger partial charge >= 0.3 is 0 Å². The molecule has 198 valence electrons. The fourth-order valence-corrected chi connectivity index (χ4v) is 5.96. The number of methoxy groups -OCH3 is 1. The average molecular weight is 541 g/mol. The van der Waals surface area contributed by atoms with Crippen molar-refractivity contribution in [3.05, 3.63) is 75.4 Å². The summed E-state index contributed by atoms with van der Waals surface area (Å²) in [5, 5.41) is 6.41. The van der Waals surface area contributed by atoms with Crippen LogP contribution in [0.3, 0.4) is 0 Å². The van der Waals surface area contributed by atoms with E-state index in [1.807, 2.05) is 55.1 Å². The van der Waals surface area contributed by atoms with Gasteiger partial charge in [-0.3, -0.25) is 14.9 Å². The maximum Gasteiger partial charge on any atom is 0.277 e. The number of aromatic amines is 1. The Morgan fingerprint density at radius 1 is 1.00 bits per heavy atom. The van der Waals surface area contributed by atoms with Crippen LogP contribution in [0.5, 0.6) is 5.75 Å². The van der Waals surface area contributed by atoms with Crippen molar-refractivity contribution in [1.82, 2.24) is 24.8 Å². The number of carbonyl (C=O) groups is 2. The molecule has 0 radical (unpaired) electrons. The van der Waals surface area contributed by atoms with Gasteiger partial charge in [-0.15, -0.1) is 11.3 Å². The Balaban J connectivity index is 1.10. The molecule has 9 nitrogen and oxygen atoms in total. The predicted octanol–water partition coefficient (Wildman–Crippen LogP) is 5.47. The minimum absolute atomic E-state index is 0.104. The fraction of sp³-hybridized carbons (Fsp3) is 0.276. The van der Waals surface area contributed by atoms with Crippen LogP contribution in [0.15, 0.2) is 47.8 Å². The van der Waals surface area contributed by atoms with Crippen LogP contribution in [0.1, 0.15) is 55.9 Å². The van der Waals surface area contributed by atoms with Gasteiger partial charge in [0.15, 0.2) is 0 Å². The molecule has 3 aromatic heterocycles. The monoisotopic (exact) mass is 540 g/mol. The summed E-state index contributed by atoms with van der Waals surface area (Å²) in [6.07, 6.45) is 1.54. The number of thiazole rings is 1. The van der Waals surface area contributed by atoms with Gasteiger partial charge in [0.2, 0.25) is 5.95 Å². The summed E-state index contributed by atoms with van der Waals surface area (Å²) in [7, 11) is 1.60. The molecule has 6 rings (SSSR count). The van der Waals surface area contributed by atoms with Crippen LogP contribution in [0, 0.1) is 13.8 Å². The van der Waals surface area contributed by atoms with Gasteiger partial charge in [0.1, 0.15) is 17.1 Å². The van der Waals surface area contributed by atoms with E-state index in [9.17, 15) is 9.59 Å². The molecule has 0 atom stereocenters. The van der Waals surface area contributed by atoms with Crippen molar-refractivity contribution in [3.8, 4) is 5.75 Å². The molecule has 0 aliphatic carbocycles. The van der Waals surface area contributed by atoms with Gasteiger partial charge in [0.05, 0.1) is 28.7 Å². The van der Waals surface area contributed by atoms with Crippen molar-refractivity contribution in [2.24, 2.45) is 0 Å². The lowest BCUT2D eigenvalue weighted by Crippen LogP contribution is -2.38. The lowest BCUT2D eigenvalue weighted by atomic mass is 9.97. The Hall–Kier alpha value is -4.31. The van der Waals surface area contributed by atoms with Crippen LogP contribution in [-0.4, -0.2) is 56.8 Å². The number of aryl methyl sites for hydroxylation is 2. The van der Waals surface area contributed by atoms with Gasteiger partial charge < -0.3 is 14.6 Å². The molecular weight excluding hydrogens is 512 g/mol. The molecule has 39 heavy (non-hydrogen) atoms. The largest absolute Gasteiger partial charge is 0.496 e. The number of piperidine rings is 1. The Morgan fingerprint density at radius 2 is 1.77 bits per heavy atom. The van der Waals surface area contributed by atoms with E-state index < -0.39 is 0 Å². The van der Waals surface area contributed by atoms with E-state index in [0.717, 1.165) is 50.9 Å². The zero-order valence-electron chi connectivity index (χ0n) is 21.9. The third-order valence-electron chi connectivity index (χ3n) is 7.33. The number of anilines is 1. The van der Waals surface area contributed by atoms with Gasteiger partial charge in [0.25, 0.3) is 11.8 Å². The van der Waals surface area contributed by atoms with Crippen LogP contribution in [-0.2, 0) is 0 Å². The summed E-state index contributed by atoms with van der Waals surface area (Å²) >= 11 is 1.48. The molecule has 1 saturated heterocycles. The standard InChI is InChI=1S/C29H28N6O3S/c1-16-12-21-22(13-17(16)2)33-29(32-21)34-26(36)24-15-39-27(31-24)18-8-10-35(11-9-18)28(37)23-14-25(38-3)19-6-4-5-7-20(19)30-23/h4-7,12-15,18H,8-11H2,1-3H3,(H2,32,33,34,36). The first-order chi connectivity index (χ1) is 18.9. The zero-order valence-corrected chi connectivity index (χ0v) is 22.8. The summed E-state index contributed by atoms with van der Waals surface area (Å²) in [5.74, 6) is 0.833. The van der Waals surface area contributed by atoms with Crippen LogP contribution in [0.4, 0.5) is 5.95 Å². The number of amides is 2. The SMILES string of the molecule is COc1cc(C(=O)N2CCC(c3nc(C(=O)Nc4nc5cc(C)c(C)cc5[nH]4)cs3)CC2)nc2ccccc12. The molecule has 5 aromatic rings. The van der Waals surface area contributed by atoms with Crippen LogP contribution in [0.2, 0.25) is 0 Å². The van der Waals surface area contributed by atoms with E-state index in [0.29, 0.717) is 36.2 Å². The number of pyridine rings is 1. The van der Waals surface area contributed by atoms with Crippen LogP contribution >= 0.6 is 11.3 Å². The Kier molecular flexibility index (Phi) is 6.48. The number of nitrogens with zero attached hydrogens (tertiary/aromatic N) is 4. The van der Waals surface area contributed by atoms with E-state index in [2.05, 4.69) is 25.3 Å². The maximum atomic E-state index is 13.3. The molecule has 4 heterocycles. The van der Waals surface area contributed by atoms with Crippen molar-refractivity contribution in [2.45, 2.75) is 32.6 Å². The summed E-state index contributed by atoms with van der Waals surface area (Å²) in [4.78, 5) is 44.8. The lowest BCUT2D eigenvalue weighted by Gasteiger charge is -2.31. The number of benzene rings is 2. The van der Waals surface area contributed by atoms with E-state index in [1.54, 1.807) is 18.6 Å². The molecule has 10 heteroatoms. The number of imidazole rings is 1. The highest BCUT2D eigenvalue weighted by Gasteiger charge is 2.28. The van der Waals surface area contributed by atoms with Gasteiger partial charge in [-0.1, -0.05) is 12.1 Å². The maximum absolute atomic E-state index is 13.3. The number of ether oxygens (including phenoxy) is 1. The number of rotatable bonds is 5. The van der Waals surface area contributed by atoms with Crippen LogP contribution in [0.25, 0.3) is 21.9 Å². The number of H-pyrrole nitrogens is 1. The minimum atomic E-state index is -0.297. The predicted molar refractivity (Wildman–Crippen MR) is 152 cm³/mol. The van der Waals surface area contributed by atoms with Crippen molar-refractivity contribution in [3.63, 3.8) is 0 Å². The molecule has 1 aliphatic heterocycles. The summed E-state index contributed by atoms with van der Waals surface area (Å²) in [6.45, 7) is 5.28. The van der Waals surface area contributed by atoms with Gasteiger partial charge in [-0.05, 0) is 62.1 Å². The smallest absolute Gasteiger partial charge is 0.277 e. The highest BCUT2D eigenvalue weighted by molar-refractivity contribution is 7.10. The molecule has 0 unspecified atom stereocenters. The lowest BCUT2D eigenvalue weighted by molar-refractivity contribution is 0.0707. The Morgan fingerprint density at radius 3 is 2.56 bits per heavy atom. The highest BCUT2D eigenvalue weighted by Crippen LogP contribution is 2.32. The topological polar surface area (TPSA) is 113 Å². The number of aromatic nitrogens is 4. The first-order valence-electron chi connectivity index (χ1n) is 12.9. The molecule has 1 fully saturated rings. The minimum Gasteiger partial charge on any atom is -0.496 e. The second-order valence-corrected chi connectivity index (χ2v) is 10.7. The summed E-state index contributed by atoms with van der Waals surface area (Å²) in [5.41, 5.74) is 5.49. The van der Waals surface area contributed by atoms with Gasteiger partial charge in [-0.2, -0.15) is 0 Å². The summed E-state index contributed by atoms with van der Waals surface area (Å²) in [6, 6.07) is 13.4. The van der Waals surface area contributed by atoms with Crippen molar-refractivity contribution >= 4 is 51.0 Å². The number of nitrogens with one attached hydrogen (secondary N) is 2. The molecule has 2 N–H and O–H groups in total. The fourth-order valence-electron chi connectivity index (χ4n) is 4.99.